The Morgan fingerprint density at radius 1 is 1.24 bits per heavy atom. The van der Waals surface area contributed by atoms with Crippen molar-refractivity contribution in [3.05, 3.63) is 54.0 Å². The molecule has 3 heterocycles. The van der Waals surface area contributed by atoms with Crippen LogP contribution in [0, 0.1) is 0 Å². The summed E-state index contributed by atoms with van der Waals surface area (Å²) in [5, 5.41) is 4.16. The first-order valence-electron chi connectivity index (χ1n) is 8.36. The van der Waals surface area contributed by atoms with Crippen molar-refractivity contribution in [2.24, 2.45) is 0 Å². The molecule has 3 aromatic rings. The van der Waals surface area contributed by atoms with Crippen LogP contribution in [0.1, 0.15) is 30.2 Å². The molecule has 2 atom stereocenters. The summed E-state index contributed by atoms with van der Waals surface area (Å²) in [6, 6.07) is 11.9. The molecule has 0 amide bonds. The van der Waals surface area contributed by atoms with Gasteiger partial charge in [-0.1, -0.05) is 23.4 Å². The number of aromatic nitrogens is 3. The van der Waals surface area contributed by atoms with Crippen LogP contribution in [0.25, 0.3) is 11.4 Å². The number of hydrogen-bond donors (Lipinski definition) is 0. The Labute approximate surface area is 144 Å². The van der Waals surface area contributed by atoms with Crippen molar-refractivity contribution in [3.63, 3.8) is 0 Å². The first kappa shape index (κ1) is 14.5. The summed E-state index contributed by atoms with van der Waals surface area (Å²) in [6.07, 6.45) is 3.68. The minimum Gasteiger partial charge on any atom is -0.493 e. The Morgan fingerprint density at radius 3 is 3.08 bits per heavy atom. The normalized spacial score (nSPS) is 23.8. The summed E-state index contributed by atoms with van der Waals surface area (Å²) < 4.78 is 16.6. The molecular weight excluding hydrogens is 318 g/mol. The monoisotopic (exact) mass is 335 g/mol. The molecule has 1 aliphatic heterocycles. The second-order valence-corrected chi connectivity index (χ2v) is 6.55. The zero-order chi connectivity index (χ0) is 16.9. The van der Waals surface area contributed by atoms with Crippen molar-refractivity contribution >= 4 is 0 Å². The van der Waals surface area contributed by atoms with E-state index >= 15 is 0 Å². The molecule has 2 aliphatic rings. The van der Waals surface area contributed by atoms with Crippen LogP contribution < -0.4 is 9.47 Å². The number of nitrogens with zero attached hydrogens (tertiary/aromatic N) is 3. The van der Waals surface area contributed by atoms with Gasteiger partial charge in [0.2, 0.25) is 17.6 Å². The van der Waals surface area contributed by atoms with Gasteiger partial charge in [0.05, 0.1) is 13.7 Å². The Kier molecular flexibility index (Phi) is 3.07. The van der Waals surface area contributed by atoms with Crippen molar-refractivity contribution in [2.45, 2.75) is 24.2 Å². The van der Waals surface area contributed by atoms with Gasteiger partial charge < -0.3 is 14.0 Å². The molecule has 0 radical (unpaired) electrons. The van der Waals surface area contributed by atoms with Crippen LogP contribution in [0.15, 0.2) is 47.1 Å². The van der Waals surface area contributed by atoms with E-state index < -0.39 is 0 Å². The molecule has 25 heavy (non-hydrogen) atoms. The summed E-state index contributed by atoms with van der Waals surface area (Å²) in [6.45, 7) is 0.732. The molecule has 0 bridgehead atoms. The highest BCUT2D eigenvalue weighted by Gasteiger charge is 2.60. The van der Waals surface area contributed by atoms with Crippen LogP contribution in [0.4, 0.5) is 0 Å². The number of ether oxygens (including phenoxy) is 2. The van der Waals surface area contributed by atoms with E-state index in [0.717, 1.165) is 30.8 Å². The lowest BCUT2D eigenvalue weighted by Gasteiger charge is -2.26. The fourth-order valence-electron chi connectivity index (χ4n) is 3.84. The SMILES string of the molecule is COc1cc(-c2noc([C@@H]3C[C@]34CCOc3ccccc34)n2)ccn1. The van der Waals surface area contributed by atoms with Crippen LogP contribution >= 0.6 is 0 Å². The van der Waals surface area contributed by atoms with Gasteiger partial charge in [-0.15, -0.1) is 0 Å². The highest BCUT2D eigenvalue weighted by atomic mass is 16.5. The number of pyridine rings is 1. The van der Waals surface area contributed by atoms with E-state index in [0.29, 0.717) is 17.6 Å². The molecule has 6 nitrogen and oxygen atoms in total. The van der Waals surface area contributed by atoms with Gasteiger partial charge in [0.25, 0.3) is 0 Å². The van der Waals surface area contributed by atoms with Crippen LogP contribution in [-0.4, -0.2) is 28.8 Å². The summed E-state index contributed by atoms with van der Waals surface area (Å²) >= 11 is 0. The van der Waals surface area contributed by atoms with E-state index in [1.165, 1.54) is 5.56 Å². The lowest BCUT2D eigenvalue weighted by Crippen LogP contribution is -2.21. The quantitative estimate of drug-likeness (QED) is 0.731. The zero-order valence-corrected chi connectivity index (χ0v) is 13.8. The molecule has 0 N–H and O–H groups in total. The van der Waals surface area contributed by atoms with Gasteiger partial charge in [0.15, 0.2) is 0 Å². The largest absolute Gasteiger partial charge is 0.493 e. The van der Waals surface area contributed by atoms with Gasteiger partial charge in [-0.25, -0.2) is 4.98 Å². The summed E-state index contributed by atoms with van der Waals surface area (Å²) in [5.74, 6) is 3.03. The number of fused-ring (bicyclic) bond motifs is 2. The zero-order valence-electron chi connectivity index (χ0n) is 13.8. The van der Waals surface area contributed by atoms with E-state index in [1.54, 1.807) is 19.4 Å². The average Bonchev–Trinajstić information content (AvgIpc) is 3.16. The van der Waals surface area contributed by atoms with Crippen molar-refractivity contribution < 1.29 is 14.0 Å². The molecule has 126 valence electrons. The van der Waals surface area contributed by atoms with E-state index in [1.807, 2.05) is 18.2 Å². The average molecular weight is 335 g/mol. The van der Waals surface area contributed by atoms with Crippen LogP contribution in [0.3, 0.4) is 0 Å². The Hall–Kier alpha value is -2.89. The first-order chi connectivity index (χ1) is 12.3. The third kappa shape index (κ3) is 2.21. The number of benzene rings is 1. The van der Waals surface area contributed by atoms with Crippen molar-refractivity contribution in [1.82, 2.24) is 15.1 Å². The smallest absolute Gasteiger partial charge is 0.231 e. The molecule has 6 heteroatoms. The van der Waals surface area contributed by atoms with Gasteiger partial charge in [-0.3, -0.25) is 0 Å². The van der Waals surface area contributed by atoms with Gasteiger partial charge in [0, 0.05) is 34.7 Å². The molecule has 1 spiro atoms. The van der Waals surface area contributed by atoms with Crippen LogP contribution in [0.5, 0.6) is 11.6 Å². The fourth-order valence-corrected chi connectivity index (χ4v) is 3.84. The molecule has 2 aromatic heterocycles. The fraction of sp³-hybridized carbons (Fsp3) is 0.316. The van der Waals surface area contributed by atoms with Gasteiger partial charge >= 0.3 is 0 Å². The highest BCUT2D eigenvalue weighted by molar-refractivity contribution is 5.56. The molecule has 1 aliphatic carbocycles. The maximum atomic E-state index is 5.80. The maximum Gasteiger partial charge on any atom is 0.231 e. The second kappa shape index (κ2) is 5.31. The topological polar surface area (TPSA) is 70.3 Å². The second-order valence-electron chi connectivity index (χ2n) is 6.55. The summed E-state index contributed by atoms with van der Waals surface area (Å²) in [7, 11) is 1.59. The predicted molar refractivity (Wildman–Crippen MR) is 89.7 cm³/mol. The van der Waals surface area contributed by atoms with Crippen LogP contribution in [0.2, 0.25) is 0 Å². The van der Waals surface area contributed by atoms with E-state index in [-0.39, 0.29) is 11.3 Å². The van der Waals surface area contributed by atoms with Crippen LogP contribution in [-0.2, 0) is 5.41 Å². The molecule has 5 rings (SSSR count). The molecule has 1 aromatic carbocycles. The molecule has 1 saturated carbocycles. The minimum absolute atomic E-state index is 0.0780. The first-order valence-corrected chi connectivity index (χ1v) is 8.36. The van der Waals surface area contributed by atoms with Gasteiger partial charge in [-0.05, 0) is 25.0 Å². The highest BCUT2D eigenvalue weighted by Crippen LogP contribution is 2.65. The lowest BCUT2D eigenvalue weighted by atomic mass is 9.87. The molecular formula is C19H17N3O3. The number of methoxy groups -OCH3 is 1. The Morgan fingerprint density at radius 2 is 2.16 bits per heavy atom. The van der Waals surface area contributed by atoms with E-state index in [2.05, 4.69) is 27.3 Å². The Bertz CT molecular complexity index is 939. The van der Waals surface area contributed by atoms with Gasteiger partial charge in [-0.2, -0.15) is 4.98 Å². The number of rotatable bonds is 3. The lowest BCUT2D eigenvalue weighted by molar-refractivity contribution is 0.254. The third-order valence-corrected chi connectivity index (χ3v) is 5.25. The molecule has 0 saturated heterocycles. The standard InChI is InChI=1S/C19H17N3O3/c1-23-16-10-12(6-8-20-16)17-21-18(25-22-17)14-11-19(14)7-9-24-15-5-3-2-4-13(15)19/h2-6,8,10,14H,7,9,11H2,1H3/t14-,19-/m0/s1. The number of para-hydroxylation sites is 1. The molecule has 1 fully saturated rings. The maximum absolute atomic E-state index is 5.80. The third-order valence-electron chi connectivity index (χ3n) is 5.25. The van der Waals surface area contributed by atoms with Crippen molar-refractivity contribution in [1.29, 1.82) is 0 Å². The Balaban J connectivity index is 1.46. The summed E-state index contributed by atoms with van der Waals surface area (Å²) in [5.41, 5.74) is 2.18. The van der Waals surface area contributed by atoms with Gasteiger partial charge in [0.1, 0.15) is 5.75 Å². The van der Waals surface area contributed by atoms with Crippen molar-refractivity contribution in [2.75, 3.05) is 13.7 Å². The van der Waals surface area contributed by atoms with E-state index in [9.17, 15) is 0 Å². The predicted octanol–water partition coefficient (Wildman–Crippen LogP) is 3.35. The molecule has 0 unspecified atom stereocenters. The van der Waals surface area contributed by atoms with Crippen molar-refractivity contribution in [3.8, 4) is 23.0 Å². The van der Waals surface area contributed by atoms with E-state index in [4.69, 9.17) is 14.0 Å². The summed E-state index contributed by atoms with van der Waals surface area (Å²) in [4.78, 5) is 8.75. The minimum atomic E-state index is 0.0780. The number of hydrogen-bond acceptors (Lipinski definition) is 6.